The molecule has 6 heteroatoms. The summed E-state index contributed by atoms with van der Waals surface area (Å²) in [6.45, 7) is 3.18. The van der Waals surface area contributed by atoms with Gasteiger partial charge in [0.05, 0.1) is 12.7 Å². The first kappa shape index (κ1) is 21.8. The molecule has 1 saturated carbocycles. The maximum absolute atomic E-state index is 12.8. The van der Waals surface area contributed by atoms with Crippen LogP contribution >= 0.6 is 0 Å². The van der Waals surface area contributed by atoms with E-state index < -0.39 is 0 Å². The number of nitrogens with one attached hydrogen (secondary N) is 2. The van der Waals surface area contributed by atoms with E-state index in [0.717, 1.165) is 12.1 Å². The number of nitrogens with zero attached hydrogens (tertiary/aromatic N) is 1. The van der Waals surface area contributed by atoms with Gasteiger partial charge < -0.3 is 20.3 Å². The Kier molecular flexibility index (Phi) is 7.85. The molecule has 1 fully saturated rings. The van der Waals surface area contributed by atoms with Gasteiger partial charge in [0.15, 0.2) is 0 Å². The predicted molar refractivity (Wildman–Crippen MR) is 120 cm³/mol. The van der Waals surface area contributed by atoms with Crippen LogP contribution in [0.2, 0.25) is 0 Å². The van der Waals surface area contributed by atoms with Crippen LogP contribution in [0.15, 0.2) is 54.6 Å². The number of hydrogen-bond donors (Lipinski definition) is 2. The fourth-order valence-corrected chi connectivity index (χ4v) is 3.77. The number of benzene rings is 2. The van der Waals surface area contributed by atoms with Crippen molar-refractivity contribution in [1.82, 2.24) is 5.32 Å². The number of carbonyl (C=O) groups excluding carboxylic acids is 2. The maximum Gasteiger partial charge on any atom is 0.319 e. The average Bonchev–Trinajstić information content (AvgIpc) is 2.77. The summed E-state index contributed by atoms with van der Waals surface area (Å²) in [6.07, 6.45) is 5.12. The Morgan fingerprint density at radius 1 is 1.07 bits per heavy atom. The number of hydrogen-bond acceptors (Lipinski definition) is 3. The molecule has 3 rings (SSSR count). The number of rotatable bonds is 7. The van der Waals surface area contributed by atoms with Gasteiger partial charge in [0.25, 0.3) is 5.91 Å². The molecule has 0 saturated heterocycles. The van der Waals surface area contributed by atoms with E-state index in [4.69, 9.17) is 4.74 Å². The van der Waals surface area contributed by atoms with Crippen molar-refractivity contribution in [3.63, 3.8) is 0 Å². The minimum Gasteiger partial charge on any atom is -0.376 e. The van der Waals surface area contributed by atoms with Crippen molar-refractivity contribution < 1.29 is 14.3 Å². The molecule has 6 nitrogen and oxygen atoms in total. The lowest BCUT2D eigenvalue weighted by Gasteiger charge is -2.28. The molecule has 2 aromatic carbocycles. The van der Waals surface area contributed by atoms with Gasteiger partial charge in [-0.1, -0.05) is 44.0 Å². The molecule has 2 atom stereocenters. The van der Waals surface area contributed by atoms with Crippen LogP contribution in [0.25, 0.3) is 0 Å². The highest BCUT2D eigenvalue weighted by Crippen LogP contribution is 2.26. The summed E-state index contributed by atoms with van der Waals surface area (Å²) in [5, 5.41) is 5.60. The van der Waals surface area contributed by atoms with E-state index in [2.05, 4.69) is 17.6 Å². The molecule has 0 aliphatic heterocycles. The van der Waals surface area contributed by atoms with Gasteiger partial charge in [0.2, 0.25) is 0 Å². The molecule has 0 bridgehead atoms. The smallest absolute Gasteiger partial charge is 0.319 e. The molecule has 0 radical (unpaired) electrons. The number of para-hydroxylation sites is 1. The van der Waals surface area contributed by atoms with Gasteiger partial charge in [-0.05, 0) is 49.1 Å². The third-order valence-corrected chi connectivity index (χ3v) is 5.57. The molecule has 0 heterocycles. The standard InChI is InChI=1S/C24H31N3O3/c1-18-9-6-7-14-22(18)30-16-15-25-24(29)26-20-11-8-10-19(17-20)23(28)27(2)21-12-4-3-5-13-21/h3-5,8,10-13,17-18,22H,6-7,9,14-16H2,1-2H3,(H2,25,26,29)/t18-,22-/m1/s1. The molecule has 3 amide bonds. The summed E-state index contributed by atoms with van der Waals surface area (Å²) in [5.41, 5.74) is 1.89. The normalized spacial score (nSPS) is 18.5. The maximum atomic E-state index is 12.8. The van der Waals surface area contributed by atoms with Crippen LogP contribution in [0.1, 0.15) is 43.0 Å². The zero-order valence-corrected chi connectivity index (χ0v) is 17.8. The molecule has 2 N–H and O–H groups in total. The van der Waals surface area contributed by atoms with Crippen molar-refractivity contribution in [2.75, 3.05) is 30.4 Å². The molecule has 1 aliphatic carbocycles. The third-order valence-electron chi connectivity index (χ3n) is 5.57. The Morgan fingerprint density at radius 3 is 2.60 bits per heavy atom. The lowest BCUT2D eigenvalue weighted by Crippen LogP contribution is -2.34. The molecule has 0 aromatic heterocycles. The van der Waals surface area contributed by atoms with Gasteiger partial charge in [0.1, 0.15) is 0 Å². The predicted octanol–water partition coefficient (Wildman–Crippen LogP) is 4.68. The summed E-state index contributed by atoms with van der Waals surface area (Å²) in [7, 11) is 1.73. The summed E-state index contributed by atoms with van der Waals surface area (Å²) < 4.78 is 5.92. The summed E-state index contributed by atoms with van der Waals surface area (Å²) in [5.74, 6) is 0.446. The van der Waals surface area contributed by atoms with Crippen LogP contribution in [-0.4, -0.2) is 38.2 Å². The van der Waals surface area contributed by atoms with E-state index in [9.17, 15) is 9.59 Å². The number of amides is 3. The highest BCUT2D eigenvalue weighted by Gasteiger charge is 2.21. The molecule has 160 valence electrons. The molecule has 0 spiro atoms. The number of anilines is 2. The minimum absolute atomic E-state index is 0.139. The SMILES string of the molecule is C[C@@H]1CCCC[C@H]1OCCNC(=O)Nc1cccc(C(=O)N(C)c2ccccc2)c1. The van der Waals surface area contributed by atoms with E-state index in [1.807, 2.05) is 30.3 Å². The fourth-order valence-electron chi connectivity index (χ4n) is 3.77. The third kappa shape index (κ3) is 6.07. The topological polar surface area (TPSA) is 70.7 Å². The summed E-state index contributed by atoms with van der Waals surface area (Å²) in [6, 6.07) is 16.1. The van der Waals surface area contributed by atoms with Gasteiger partial charge in [0, 0.05) is 30.5 Å². The number of carbonyl (C=O) groups is 2. The van der Waals surface area contributed by atoms with Crippen LogP contribution in [0.5, 0.6) is 0 Å². The molecular weight excluding hydrogens is 378 g/mol. The Balaban J connectivity index is 1.47. The minimum atomic E-state index is -0.309. The number of urea groups is 1. The van der Waals surface area contributed by atoms with Crippen molar-refractivity contribution in [3.8, 4) is 0 Å². The Bertz CT molecular complexity index is 841. The van der Waals surface area contributed by atoms with Crippen LogP contribution < -0.4 is 15.5 Å². The van der Waals surface area contributed by atoms with Crippen LogP contribution in [0.4, 0.5) is 16.2 Å². The van der Waals surface area contributed by atoms with E-state index in [1.54, 1.807) is 36.2 Å². The zero-order chi connectivity index (χ0) is 21.3. The van der Waals surface area contributed by atoms with E-state index >= 15 is 0 Å². The second kappa shape index (κ2) is 10.8. The van der Waals surface area contributed by atoms with Gasteiger partial charge in [-0.15, -0.1) is 0 Å². The number of ether oxygens (including phenoxy) is 1. The molecule has 0 unspecified atom stereocenters. The second-order valence-electron chi connectivity index (χ2n) is 7.83. The van der Waals surface area contributed by atoms with Gasteiger partial charge in [-0.3, -0.25) is 4.79 Å². The Labute approximate surface area is 178 Å². The largest absolute Gasteiger partial charge is 0.376 e. The van der Waals surface area contributed by atoms with Crippen molar-refractivity contribution in [1.29, 1.82) is 0 Å². The van der Waals surface area contributed by atoms with Crippen molar-refractivity contribution in [2.24, 2.45) is 5.92 Å². The van der Waals surface area contributed by atoms with Crippen molar-refractivity contribution >= 4 is 23.3 Å². The monoisotopic (exact) mass is 409 g/mol. The van der Waals surface area contributed by atoms with Gasteiger partial charge >= 0.3 is 6.03 Å². The van der Waals surface area contributed by atoms with Gasteiger partial charge in [-0.25, -0.2) is 4.79 Å². The average molecular weight is 410 g/mol. The zero-order valence-electron chi connectivity index (χ0n) is 17.8. The second-order valence-corrected chi connectivity index (χ2v) is 7.83. The fraction of sp³-hybridized carbons (Fsp3) is 0.417. The molecular formula is C24H31N3O3. The lowest BCUT2D eigenvalue weighted by atomic mass is 9.88. The summed E-state index contributed by atoms with van der Waals surface area (Å²) >= 11 is 0. The highest BCUT2D eigenvalue weighted by atomic mass is 16.5. The van der Waals surface area contributed by atoms with Crippen molar-refractivity contribution in [2.45, 2.75) is 38.7 Å². The first-order valence-electron chi connectivity index (χ1n) is 10.6. The Hall–Kier alpha value is -2.86. The quantitative estimate of drug-likeness (QED) is 0.652. The first-order chi connectivity index (χ1) is 14.5. The van der Waals surface area contributed by atoms with Crippen LogP contribution in [0, 0.1) is 5.92 Å². The molecule has 2 aromatic rings. The summed E-state index contributed by atoms with van der Waals surface area (Å²) in [4.78, 5) is 26.5. The van der Waals surface area contributed by atoms with Crippen LogP contribution in [-0.2, 0) is 4.74 Å². The highest BCUT2D eigenvalue weighted by molar-refractivity contribution is 6.06. The van der Waals surface area contributed by atoms with Crippen molar-refractivity contribution in [3.05, 3.63) is 60.2 Å². The lowest BCUT2D eigenvalue weighted by molar-refractivity contribution is -0.00232. The molecule has 1 aliphatic rings. The van der Waals surface area contributed by atoms with E-state index in [1.165, 1.54) is 19.3 Å². The van der Waals surface area contributed by atoms with Gasteiger partial charge in [-0.2, -0.15) is 0 Å². The first-order valence-corrected chi connectivity index (χ1v) is 10.6. The van der Waals surface area contributed by atoms with E-state index in [-0.39, 0.29) is 11.9 Å². The van der Waals surface area contributed by atoms with E-state index in [0.29, 0.717) is 36.4 Å². The molecule has 30 heavy (non-hydrogen) atoms. The van der Waals surface area contributed by atoms with Crippen LogP contribution in [0.3, 0.4) is 0 Å². The Morgan fingerprint density at radius 2 is 1.83 bits per heavy atom.